The number of fused-ring (bicyclic) bond motifs is 1. The van der Waals surface area contributed by atoms with E-state index in [4.69, 9.17) is 4.18 Å². The highest BCUT2D eigenvalue weighted by Gasteiger charge is 2.27. The van der Waals surface area contributed by atoms with E-state index in [0.29, 0.717) is 0 Å². The summed E-state index contributed by atoms with van der Waals surface area (Å²) in [7, 11) is -13.5. The van der Waals surface area contributed by atoms with E-state index in [1.807, 2.05) is 0 Å². The summed E-state index contributed by atoms with van der Waals surface area (Å²) in [5.74, 6) is -0.127. The molecule has 4 aromatic rings. The van der Waals surface area contributed by atoms with Crippen molar-refractivity contribution in [3.05, 3.63) is 96.6 Å². The minimum absolute atomic E-state index is 0.0322. The van der Waals surface area contributed by atoms with Crippen molar-refractivity contribution in [2.75, 3.05) is 0 Å². The van der Waals surface area contributed by atoms with Crippen LogP contribution in [-0.4, -0.2) is 25.3 Å². The van der Waals surface area contributed by atoms with E-state index in [0.717, 1.165) is 17.7 Å². The van der Waals surface area contributed by atoms with Crippen LogP contribution in [0.25, 0.3) is 10.8 Å². The number of rotatable bonds is 8. The number of benzene rings is 4. The third kappa shape index (κ3) is 5.36. The van der Waals surface area contributed by atoms with Crippen LogP contribution < -0.4 is 4.18 Å². The molecule has 35 heavy (non-hydrogen) atoms. The molecule has 0 heterocycles. The van der Waals surface area contributed by atoms with Gasteiger partial charge in [0.15, 0.2) is 5.75 Å². The van der Waals surface area contributed by atoms with Crippen molar-refractivity contribution in [3.8, 4) is 5.75 Å². The van der Waals surface area contributed by atoms with Crippen LogP contribution in [0.3, 0.4) is 0 Å². The van der Waals surface area contributed by atoms with Gasteiger partial charge in [0.1, 0.15) is 9.79 Å². The first kappa shape index (κ1) is 24.8. The average molecular weight is 535 g/mol. The number of hydrogen-bond acceptors (Lipinski definition) is 9. The Bertz CT molecular complexity index is 1700. The summed E-state index contributed by atoms with van der Waals surface area (Å²) in [6, 6.07) is 21.0. The highest BCUT2D eigenvalue weighted by atomic mass is 32.2. The van der Waals surface area contributed by atoms with Crippen molar-refractivity contribution in [1.29, 1.82) is 0 Å². The van der Waals surface area contributed by atoms with Crippen LogP contribution in [0.4, 0.5) is 0 Å². The van der Waals surface area contributed by atoms with Gasteiger partial charge in [0.2, 0.25) is 0 Å². The van der Waals surface area contributed by atoms with Gasteiger partial charge in [0, 0.05) is 10.8 Å². The Morgan fingerprint density at radius 1 is 0.514 bits per heavy atom. The Morgan fingerprint density at radius 3 is 1.71 bits per heavy atom. The first-order valence-corrected chi connectivity index (χ1v) is 14.2. The van der Waals surface area contributed by atoms with Gasteiger partial charge in [-0.2, -0.15) is 25.3 Å². The molecule has 0 saturated carbocycles. The molecule has 0 amide bonds. The summed E-state index contributed by atoms with van der Waals surface area (Å²) in [4.78, 5) is -0.826. The first-order valence-electron chi connectivity index (χ1n) is 9.95. The van der Waals surface area contributed by atoms with Crippen LogP contribution >= 0.6 is 0 Å². The Hall–Kier alpha value is -3.29. The quantitative estimate of drug-likeness (QED) is 0.187. The van der Waals surface area contributed by atoms with Crippen LogP contribution in [0.5, 0.6) is 5.75 Å². The summed E-state index contributed by atoms with van der Waals surface area (Å²) in [5.41, 5.74) is 0.862. The molecule has 0 aromatic heterocycles. The molecule has 0 aliphatic rings. The molecule has 0 atom stereocenters. The zero-order valence-electron chi connectivity index (χ0n) is 18.1. The van der Waals surface area contributed by atoms with E-state index in [9.17, 15) is 25.3 Å². The van der Waals surface area contributed by atoms with E-state index < -0.39 is 35.2 Å². The van der Waals surface area contributed by atoms with Crippen LogP contribution in [0.1, 0.15) is 5.56 Å². The van der Waals surface area contributed by atoms with Crippen molar-refractivity contribution >= 4 is 41.1 Å². The molecule has 0 aliphatic carbocycles. The van der Waals surface area contributed by atoms with Gasteiger partial charge in [-0.15, -0.1) is 0 Å². The van der Waals surface area contributed by atoms with Gasteiger partial charge in [-0.05, 0) is 43.3 Å². The van der Waals surface area contributed by atoms with Crippen LogP contribution in [0.15, 0.2) is 106 Å². The molecule has 0 spiro atoms. The fraction of sp³-hybridized carbons (Fsp3) is 0.0435. The second-order valence-electron chi connectivity index (χ2n) is 7.32. The van der Waals surface area contributed by atoms with Crippen LogP contribution in [0, 0.1) is 6.92 Å². The maximum atomic E-state index is 12.8. The van der Waals surface area contributed by atoms with E-state index >= 15 is 0 Å². The van der Waals surface area contributed by atoms with Crippen molar-refractivity contribution < 1.29 is 38.1 Å². The first-order chi connectivity index (χ1) is 16.5. The molecule has 0 aliphatic heterocycles. The number of aryl methyl sites for hydroxylation is 1. The molecule has 0 radical (unpaired) electrons. The van der Waals surface area contributed by atoms with Crippen molar-refractivity contribution in [2.45, 2.75) is 21.6 Å². The SMILES string of the molecule is Cc1ccc(S(=O)(=O)Oc2ccc(S(=O)(=O)OOS(=O)(=O)c3ccccc3)c3ccccc23)cc1. The summed E-state index contributed by atoms with van der Waals surface area (Å²) < 4.78 is 89.6. The normalized spacial score (nSPS) is 12.5. The van der Waals surface area contributed by atoms with Gasteiger partial charge in [-0.25, -0.2) is 0 Å². The molecule has 0 saturated heterocycles. The lowest BCUT2D eigenvalue weighted by Gasteiger charge is -2.13. The number of hydrogen-bond donors (Lipinski definition) is 0. The zero-order chi connectivity index (χ0) is 25.3. The molecule has 182 valence electrons. The van der Waals surface area contributed by atoms with E-state index in [1.165, 1.54) is 54.6 Å². The van der Waals surface area contributed by atoms with Gasteiger partial charge in [0.25, 0.3) is 0 Å². The Morgan fingerprint density at radius 2 is 1.06 bits per heavy atom. The van der Waals surface area contributed by atoms with Crippen LogP contribution in [-0.2, 0) is 39.0 Å². The topological polar surface area (TPSA) is 130 Å². The van der Waals surface area contributed by atoms with Crippen molar-refractivity contribution in [1.82, 2.24) is 0 Å². The lowest BCUT2D eigenvalue weighted by Crippen LogP contribution is -2.14. The Labute approximate surface area is 202 Å². The third-order valence-electron chi connectivity index (χ3n) is 4.86. The lowest BCUT2D eigenvalue weighted by molar-refractivity contribution is -0.0850. The van der Waals surface area contributed by atoms with Gasteiger partial charge >= 0.3 is 30.4 Å². The van der Waals surface area contributed by atoms with E-state index in [-0.39, 0.29) is 26.3 Å². The van der Waals surface area contributed by atoms with E-state index in [1.54, 1.807) is 31.2 Å². The molecule has 0 N–H and O–H groups in total. The Kier molecular flexibility index (Phi) is 6.66. The monoisotopic (exact) mass is 534 g/mol. The minimum atomic E-state index is -4.75. The highest BCUT2D eigenvalue weighted by Crippen LogP contribution is 2.34. The molecule has 0 fully saturated rings. The Balaban J connectivity index is 1.67. The lowest BCUT2D eigenvalue weighted by atomic mass is 10.1. The van der Waals surface area contributed by atoms with E-state index in [2.05, 4.69) is 8.67 Å². The van der Waals surface area contributed by atoms with Gasteiger partial charge in [-0.1, -0.05) is 68.8 Å². The largest absolute Gasteiger partial charge is 0.378 e. The molecule has 9 nitrogen and oxygen atoms in total. The predicted octanol–water partition coefficient (Wildman–Crippen LogP) is 3.94. The second kappa shape index (κ2) is 9.40. The predicted molar refractivity (Wildman–Crippen MR) is 126 cm³/mol. The van der Waals surface area contributed by atoms with Gasteiger partial charge < -0.3 is 4.18 Å². The summed E-state index contributed by atoms with van der Waals surface area (Å²) >= 11 is 0. The smallest absolute Gasteiger partial charge is 0.339 e. The highest BCUT2D eigenvalue weighted by molar-refractivity contribution is 7.89. The average Bonchev–Trinajstić information content (AvgIpc) is 2.84. The van der Waals surface area contributed by atoms with Gasteiger partial charge in [-0.3, -0.25) is 0 Å². The molecule has 0 bridgehead atoms. The van der Waals surface area contributed by atoms with Crippen molar-refractivity contribution in [3.63, 3.8) is 0 Å². The van der Waals surface area contributed by atoms with Crippen LogP contribution in [0.2, 0.25) is 0 Å². The molecule has 4 aromatic carbocycles. The fourth-order valence-corrected chi connectivity index (χ4v) is 6.00. The molecule has 4 rings (SSSR count). The molecule has 12 heteroatoms. The fourth-order valence-electron chi connectivity index (χ4n) is 3.14. The maximum absolute atomic E-state index is 12.8. The zero-order valence-corrected chi connectivity index (χ0v) is 20.5. The van der Waals surface area contributed by atoms with Gasteiger partial charge in [0.05, 0.1) is 4.90 Å². The second-order valence-corrected chi connectivity index (χ2v) is 11.9. The van der Waals surface area contributed by atoms with Crippen molar-refractivity contribution in [2.24, 2.45) is 0 Å². The minimum Gasteiger partial charge on any atom is -0.378 e. The molecule has 0 unspecified atom stereocenters. The molecular weight excluding hydrogens is 516 g/mol. The standard InChI is InChI=1S/C23H18O9S3/c1-17-11-13-19(14-12-17)33(24,25)30-22-15-16-23(21-10-6-5-9-20(21)22)35(28,29)32-31-34(26,27)18-7-3-2-4-8-18/h2-16H,1H3. The summed E-state index contributed by atoms with van der Waals surface area (Å²) in [6.07, 6.45) is 0. The summed E-state index contributed by atoms with van der Waals surface area (Å²) in [6.45, 7) is 1.81. The maximum Gasteiger partial charge on any atom is 0.339 e. The third-order valence-corrected chi connectivity index (χ3v) is 8.43. The summed E-state index contributed by atoms with van der Waals surface area (Å²) in [5, 5.41) is 0.170. The molecular formula is C23H18O9S3.